The summed E-state index contributed by atoms with van der Waals surface area (Å²) in [6.07, 6.45) is 3.27. The van der Waals surface area contributed by atoms with Gasteiger partial charge in [-0.2, -0.15) is 4.31 Å². The van der Waals surface area contributed by atoms with E-state index < -0.39 is 21.4 Å². The molecular formula is C12H19N3O4S. The van der Waals surface area contributed by atoms with E-state index in [1.807, 2.05) is 13.8 Å². The second-order valence-electron chi connectivity index (χ2n) is 5.71. The number of imidazole rings is 1. The van der Waals surface area contributed by atoms with Gasteiger partial charge in [0.2, 0.25) is 0 Å². The minimum atomic E-state index is -3.72. The molecule has 0 saturated carbocycles. The largest absolute Gasteiger partial charge is 0.481 e. The predicted octanol–water partition coefficient (Wildman–Crippen LogP) is 0.949. The maximum Gasteiger partial charge on any atom is 0.310 e. The van der Waals surface area contributed by atoms with Crippen LogP contribution in [0.5, 0.6) is 0 Å². The van der Waals surface area contributed by atoms with Gasteiger partial charge in [-0.3, -0.25) is 4.79 Å². The zero-order valence-electron chi connectivity index (χ0n) is 11.8. The maximum absolute atomic E-state index is 12.4. The number of carbonyl (C=O) groups is 1. The van der Waals surface area contributed by atoms with Crippen LogP contribution in [0.25, 0.3) is 0 Å². The lowest BCUT2D eigenvalue weighted by Gasteiger charge is -2.19. The van der Waals surface area contributed by atoms with Crippen LogP contribution in [0, 0.1) is 5.41 Å². The first kappa shape index (κ1) is 15.0. The summed E-state index contributed by atoms with van der Waals surface area (Å²) in [4.78, 5) is 15.1. The summed E-state index contributed by atoms with van der Waals surface area (Å²) in [5, 5.41) is 9.14. The molecular weight excluding hydrogens is 282 g/mol. The Morgan fingerprint density at radius 3 is 2.60 bits per heavy atom. The highest BCUT2D eigenvalue weighted by atomic mass is 32.2. The van der Waals surface area contributed by atoms with E-state index in [1.54, 1.807) is 11.5 Å². The monoisotopic (exact) mass is 301 g/mol. The fourth-order valence-electron chi connectivity index (χ4n) is 2.16. The van der Waals surface area contributed by atoms with Gasteiger partial charge in [-0.05, 0) is 27.2 Å². The molecule has 8 heteroatoms. The summed E-state index contributed by atoms with van der Waals surface area (Å²) >= 11 is 0. The average molecular weight is 301 g/mol. The molecule has 1 aromatic heterocycles. The fourth-order valence-corrected chi connectivity index (χ4v) is 3.65. The van der Waals surface area contributed by atoms with Gasteiger partial charge in [0.1, 0.15) is 0 Å². The summed E-state index contributed by atoms with van der Waals surface area (Å²) in [5.74, 6) is -0.970. The second kappa shape index (κ2) is 4.85. The molecule has 2 heterocycles. The Labute approximate surface area is 118 Å². The molecule has 0 bridgehead atoms. The first-order valence-corrected chi connectivity index (χ1v) is 7.88. The standard InChI is InChI=1S/C12H19N3O4S/c1-9(2)14-6-10(13-8-14)20(18,19)15-5-4-12(3,7-15)11(16)17/h6,8-9H,4-5,7H2,1-3H3,(H,16,17). The van der Waals surface area contributed by atoms with E-state index in [-0.39, 0.29) is 24.2 Å². The van der Waals surface area contributed by atoms with E-state index >= 15 is 0 Å². The molecule has 0 aromatic carbocycles. The van der Waals surface area contributed by atoms with Gasteiger partial charge in [0.05, 0.1) is 11.7 Å². The zero-order chi connectivity index (χ0) is 15.1. The van der Waals surface area contributed by atoms with Crippen LogP contribution in [0.2, 0.25) is 0 Å². The molecule has 20 heavy (non-hydrogen) atoms. The van der Waals surface area contributed by atoms with E-state index in [0.717, 1.165) is 0 Å². The van der Waals surface area contributed by atoms with E-state index in [2.05, 4.69) is 4.98 Å². The lowest BCUT2D eigenvalue weighted by atomic mass is 9.90. The number of rotatable bonds is 4. The van der Waals surface area contributed by atoms with Crippen LogP contribution < -0.4 is 0 Å². The number of hydrogen-bond acceptors (Lipinski definition) is 4. The fraction of sp³-hybridized carbons (Fsp3) is 0.667. The lowest BCUT2D eigenvalue weighted by Crippen LogP contribution is -2.35. The Kier molecular flexibility index (Phi) is 3.64. The smallest absolute Gasteiger partial charge is 0.310 e. The number of carboxylic acids is 1. The van der Waals surface area contributed by atoms with E-state index in [9.17, 15) is 13.2 Å². The van der Waals surface area contributed by atoms with Gasteiger partial charge in [-0.1, -0.05) is 0 Å². The van der Waals surface area contributed by atoms with Gasteiger partial charge in [0.15, 0.2) is 5.03 Å². The van der Waals surface area contributed by atoms with Crippen molar-refractivity contribution < 1.29 is 18.3 Å². The third kappa shape index (κ3) is 2.45. The van der Waals surface area contributed by atoms with Gasteiger partial charge in [0.25, 0.3) is 10.0 Å². The molecule has 0 amide bonds. The number of carboxylic acid groups (broad SMARTS) is 1. The lowest BCUT2D eigenvalue weighted by molar-refractivity contribution is -0.146. The van der Waals surface area contributed by atoms with Gasteiger partial charge in [0, 0.05) is 25.3 Å². The van der Waals surface area contributed by atoms with Crippen LogP contribution in [-0.4, -0.2) is 46.4 Å². The SMILES string of the molecule is CC(C)n1cnc(S(=O)(=O)N2CCC(C)(C(=O)O)C2)c1. The summed E-state index contributed by atoms with van der Waals surface area (Å²) < 4.78 is 27.8. The summed E-state index contributed by atoms with van der Waals surface area (Å²) in [6.45, 7) is 5.61. The number of nitrogens with zero attached hydrogens (tertiary/aromatic N) is 3. The van der Waals surface area contributed by atoms with E-state index in [4.69, 9.17) is 5.11 Å². The molecule has 1 atom stereocenters. The Hall–Kier alpha value is -1.41. The van der Waals surface area contributed by atoms with Crippen LogP contribution in [0.4, 0.5) is 0 Å². The quantitative estimate of drug-likeness (QED) is 0.893. The van der Waals surface area contributed by atoms with E-state index in [1.165, 1.54) is 16.8 Å². The number of hydrogen-bond donors (Lipinski definition) is 1. The molecule has 1 aliphatic heterocycles. The van der Waals surface area contributed by atoms with Crippen molar-refractivity contribution in [2.45, 2.75) is 38.3 Å². The Morgan fingerprint density at radius 1 is 1.50 bits per heavy atom. The van der Waals surface area contributed by atoms with Crippen molar-refractivity contribution in [1.29, 1.82) is 0 Å². The van der Waals surface area contributed by atoms with Crippen molar-refractivity contribution >= 4 is 16.0 Å². The van der Waals surface area contributed by atoms with Crippen LogP contribution in [0.1, 0.15) is 33.2 Å². The summed E-state index contributed by atoms with van der Waals surface area (Å²) in [6, 6.07) is 0.120. The number of aliphatic carboxylic acids is 1. The summed E-state index contributed by atoms with van der Waals surface area (Å²) in [5.41, 5.74) is -1.02. The third-order valence-corrected chi connectivity index (χ3v) is 5.46. The molecule has 0 aliphatic carbocycles. The van der Waals surface area contributed by atoms with Gasteiger partial charge >= 0.3 is 5.97 Å². The minimum Gasteiger partial charge on any atom is -0.481 e. The summed E-state index contributed by atoms with van der Waals surface area (Å²) in [7, 11) is -3.72. The molecule has 1 saturated heterocycles. The average Bonchev–Trinajstić information content (AvgIpc) is 2.96. The van der Waals surface area contributed by atoms with Crippen molar-refractivity contribution in [3.8, 4) is 0 Å². The van der Waals surface area contributed by atoms with Gasteiger partial charge in [-0.15, -0.1) is 0 Å². The Bertz CT molecular complexity index is 622. The normalized spacial score (nSPS) is 24.4. The Morgan fingerprint density at radius 2 is 2.15 bits per heavy atom. The predicted molar refractivity (Wildman–Crippen MR) is 71.7 cm³/mol. The number of sulfonamides is 1. The minimum absolute atomic E-state index is 0.0147. The molecule has 112 valence electrons. The Balaban J connectivity index is 2.26. The first-order chi connectivity index (χ1) is 9.17. The van der Waals surface area contributed by atoms with Gasteiger partial charge < -0.3 is 9.67 Å². The highest BCUT2D eigenvalue weighted by molar-refractivity contribution is 7.89. The van der Waals surface area contributed by atoms with E-state index in [0.29, 0.717) is 6.42 Å². The molecule has 2 rings (SSSR count). The number of aromatic nitrogens is 2. The van der Waals surface area contributed by atoms with Crippen LogP contribution in [0.15, 0.2) is 17.6 Å². The van der Waals surface area contributed by atoms with Crippen molar-refractivity contribution in [3.63, 3.8) is 0 Å². The molecule has 1 aromatic rings. The zero-order valence-corrected chi connectivity index (χ0v) is 12.6. The molecule has 7 nitrogen and oxygen atoms in total. The molecule has 0 spiro atoms. The topological polar surface area (TPSA) is 92.5 Å². The highest BCUT2D eigenvalue weighted by Crippen LogP contribution is 2.33. The van der Waals surface area contributed by atoms with Crippen LogP contribution in [0.3, 0.4) is 0 Å². The van der Waals surface area contributed by atoms with Crippen molar-refractivity contribution in [2.75, 3.05) is 13.1 Å². The molecule has 1 unspecified atom stereocenters. The molecule has 1 fully saturated rings. The second-order valence-corrected chi connectivity index (χ2v) is 7.59. The first-order valence-electron chi connectivity index (χ1n) is 6.44. The van der Waals surface area contributed by atoms with Crippen LogP contribution >= 0.6 is 0 Å². The van der Waals surface area contributed by atoms with Crippen LogP contribution in [-0.2, 0) is 14.8 Å². The highest BCUT2D eigenvalue weighted by Gasteiger charge is 2.45. The molecule has 1 N–H and O–H groups in total. The molecule has 0 radical (unpaired) electrons. The maximum atomic E-state index is 12.4. The third-order valence-electron chi connectivity index (χ3n) is 3.73. The molecule has 1 aliphatic rings. The van der Waals surface area contributed by atoms with Crippen molar-refractivity contribution in [3.05, 3.63) is 12.5 Å². The van der Waals surface area contributed by atoms with Crippen molar-refractivity contribution in [2.24, 2.45) is 5.41 Å². The van der Waals surface area contributed by atoms with Crippen molar-refractivity contribution in [1.82, 2.24) is 13.9 Å². The van der Waals surface area contributed by atoms with Gasteiger partial charge in [-0.25, -0.2) is 13.4 Å².